The van der Waals surface area contributed by atoms with Crippen LogP contribution in [-0.4, -0.2) is 5.78 Å². The number of hydrogen-bond donors (Lipinski definition) is 0. The molecule has 0 unspecified atom stereocenters. The first-order valence-corrected chi connectivity index (χ1v) is 6.86. The van der Waals surface area contributed by atoms with Gasteiger partial charge in [-0.2, -0.15) is 0 Å². The smallest absolute Gasteiger partial charge is 0.182 e. The molecule has 2 aromatic carbocycles. The number of halogens is 1. The third kappa shape index (κ3) is 2.73. The molecular formula is C18H13ClO. The molecule has 0 aliphatic heterocycles. The molecular weight excluding hydrogens is 268 g/mol. The predicted molar refractivity (Wildman–Crippen MR) is 83.5 cm³/mol. The van der Waals surface area contributed by atoms with E-state index in [1.54, 1.807) is 6.08 Å². The van der Waals surface area contributed by atoms with Crippen LogP contribution in [0.3, 0.4) is 0 Å². The van der Waals surface area contributed by atoms with E-state index in [1.807, 2.05) is 60.7 Å². The van der Waals surface area contributed by atoms with Gasteiger partial charge in [-0.1, -0.05) is 54.1 Å². The van der Waals surface area contributed by atoms with Crippen LogP contribution in [0.15, 0.2) is 66.2 Å². The van der Waals surface area contributed by atoms with Crippen LogP contribution in [0.4, 0.5) is 0 Å². The molecule has 2 heteroatoms. The molecule has 0 radical (unpaired) electrons. The Bertz CT molecular complexity index is 694. The van der Waals surface area contributed by atoms with Gasteiger partial charge >= 0.3 is 0 Å². The van der Waals surface area contributed by atoms with E-state index in [1.165, 1.54) is 0 Å². The second-order valence-corrected chi connectivity index (χ2v) is 5.23. The Labute approximate surface area is 123 Å². The summed E-state index contributed by atoms with van der Waals surface area (Å²) in [7, 11) is 0. The summed E-state index contributed by atoms with van der Waals surface area (Å²) in [5.41, 5.74) is 4.00. The first-order chi connectivity index (χ1) is 9.72. The van der Waals surface area contributed by atoms with E-state index < -0.39 is 0 Å². The van der Waals surface area contributed by atoms with Crippen LogP contribution in [0.5, 0.6) is 0 Å². The highest BCUT2D eigenvalue weighted by Crippen LogP contribution is 2.31. The quantitative estimate of drug-likeness (QED) is 0.724. The van der Waals surface area contributed by atoms with E-state index in [4.69, 9.17) is 11.6 Å². The summed E-state index contributed by atoms with van der Waals surface area (Å²) < 4.78 is 0. The summed E-state index contributed by atoms with van der Waals surface area (Å²) >= 11 is 5.89. The highest BCUT2D eigenvalue weighted by atomic mass is 35.5. The average Bonchev–Trinajstić information content (AvgIpc) is 2.82. The van der Waals surface area contributed by atoms with Gasteiger partial charge in [-0.3, -0.25) is 4.79 Å². The van der Waals surface area contributed by atoms with Crippen molar-refractivity contribution < 1.29 is 4.79 Å². The Balaban J connectivity index is 1.86. The summed E-state index contributed by atoms with van der Waals surface area (Å²) in [4.78, 5) is 12.1. The Morgan fingerprint density at radius 2 is 1.65 bits per heavy atom. The van der Waals surface area contributed by atoms with E-state index >= 15 is 0 Å². The first-order valence-electron chi connectivity index (χ1n) is 6.49. The van der Waals surface area contributed by atoms with Crippen LogP contribution in [-0.2, 0) is 4.79 Å². The maximum atomic E-state index is 12.1. The molecule has 1 aliphatic carbocycles. The molecule has 0 saturated heterocycles. The van der Waals surface area contributed by atoms with Gasteiger partial charge in [-0.25, -0.2) is 0 Å². The zero-order chi connectivity index (χ0) is 13.9. The molecule has 3 rings (SSSR count). The van der Waals surface area contributed by atoms with Crippen molar-refractivity contribution in [3.63, 3.8) is 0 Å². The lowest BCUT2D eigenvalue weighted by molar-refractivity contribution is -0.110. The lowest BCUT2D eigenvalue weighted by Gasteiger charge is -2.02. The van der Waals surface area contributed by atoms with Gasteiger partial charge < -0.3 is 0 Å². The third-order valence-corrected chi connectivity index (χ3v) is 3.61. The lowest BCUT2D eigenvalue weighted by atomic mass is 10.0. The largest absolute Gasteiger partial charge is 0.290 e. The maximum Gasteiger partial charge on any atom is 0.182 e. The summed E-state index contributed by atoms with van der Waals surface area (Å²) in [5, 5.41) is 0.707. The molecule has 0 atom stereocenters. The van der Waals surface area contributed by atoms with Gasteiger partial charge in [0.1, 0.15) is 0 Å². The van der Waals surface area contributed by atoms with Crippen molar-refractivity contribution in [2.75, 3.05) is 0 Å². The number of ketones is 1. The predicted octanol–water partition coefficient (Wildman–Crippen LogP) is 4.78. The minimum atomic E-state index is 0.0961. The summed E-state index contributed by atoms with van der Waals surface area (Å²) in [6.45, 7) is 0. The minimum Gasteiger partial charge on any atom is -0.290 e. The molecule has 1 aliphatic rings. The molecule has 0 aromatic heterocycles. The summed E-state index contributed by atoms with van der Waals surface area (Å²) in [5.74, 6) is 0.0961. The van der Waals surface area contributed by atoms with Gasteiger partial charge in [-0.15, -0.1) is 0 Å². The number of allylic oxidation sites excluding steroid dienone is 3. The molecule has 0 bridgehead atoms. The van der Waals surface area contributed by atoms with Crippen molar-refractivity contribution in [2.24, 2.45) is 0 Å². The molecule has 98 valence electrons. The molecule has 0 fully saturated rings. The van der Waals surface area contributed by atoms with Crippen molar-refractivity contribution in [3.8, 4) is 0 Å². The summed E-state index contributed by atoms with van der Waals surface area (Å²) in [6.07, 6.45) is 4.36. The monoisotopic (exact) mass is 280 g/mol. The van der Waals surface area contributed by atoms with Crippen molar-refractivity contribution in [3.05, 3.63) is 82.4 Å². The van der Waals surface area contributed by atoms with Gasteiger partial charge in [-0.05, 0) is 41.0 Å². The lowest BCUT2D eigenvalue weighted by Crippen LogP contribution is -1.90. The topological polar surface area (TPSA) is 17.1 Å². The van der Waals surface area contributed by atoms with Gasteiger partial charge in [0.25, 0.3) is 0 Å². The van der Waals surface area contributed by atoms with E-state index in [2.05, 4.69) is 0 Å². The minimum absolute atomic E-state index is 0.0961. The Hall–Kier alpha value is -2.12. The average molecular weight is 281 g/mol. The van der Waals surface area contributed by atoms with Crippen LogP contribution < -0.4 is 0 Å². The van der Waals surface area contributed by atoms with Crippen LogP contribution in [0.1, 0.15) is 17.5 Å². The standard InChI is InChI=1S/C18H13ClO/c19-17-8-6-14(7-9-17)15-11-16(18(20)12-15)10-13-4-2-1-3-5-13/h1-10,12H,11H2/b16-10+. The first kappa shape index (κ1) is 12.9. The van der Waals surface area contributed by atoms with Gasteiger partial charge in [0.05, 0.1) is 0 Å². The van der Waals surface area contributed by atoms with Crippen LogP contribution in [0.2, 0.25) is 5.02 Å². The number of rotatable bonds is 2. The van der Waals surface area contributed by atoms with Crippen LogP contribution >= 0.6 is 11.6 Å². The highest BCUT2D eigenvalue weighted by molar-refractivity contribution is 6.30. The summed E-state index contributed by atoms with van der Waals surface area (Å²) in [6, 6.07) is 17.5. The fraction of sp³-hybridized carbons (Fsp3) is 0.0556. The van der Waals surface area contributed by atoms with Crippen molar-refractivity contribution in [1.29, 1.82) is 0 Å². The Morgan fingerprint density at radius 3 is 2.35 bits per heavy atom. The SMILES string of the molecule is O=C1C=C(c2ccc(Cl)cc2)C/C1=C\c1ccccc1. The Kier molecular flexibility index (Phi) is 3.53. The maximum absolute atomic E-state index is 12.1. The molecule has 1 nitrogen and oxygen atoms in total. The zero-order valence-electron chi connectivity index (χ0n) is 10.8. The van der Waals surface area contributed by atoms with E-state index in [-0.39, 0.29) is 5.78 Å². The molecule has 0 amide bonds. The molecule has 0 saturated carbocycles. The fourth-order valence-corrected chi connectivity index (χ4v) is 2.44. The number of carbonyl (C=O) groups excluding carboxylic acids is 1. The normalized spacial score (nSPS) is 16.6. The second kappa shape index (κ2) is 5.48. The molecule has 20 heavy (non-hydrogen) atoms. The van der Waals surface area contributed by atoms with Crippen molar-refractivity contribution in [1.82, 2.24) is 0 Å². The molecule has 0 heterocycles. The number of benzene rings is 2. The fourth-order valence-electron chi connectivity index (χ4n) is 2.32. The number of hydrogen-bond acceptors (Lipinski definition) is 1. The van der Waals surface area contributed by atoms with Gasteiger partial charge in [0.15, 0.2) is 5.78 Å². The van der Waals surface area contributed by atoms with Crippen molar-refractivity contribution >= 4 is 29.0 Å². The van der Waals surface area contributed by atoms with Crippen LogP contribution in [0, 0.1) is 0 Å². The third-order valence-electron chi connectivity index (χ3n) is 3.36. The van der Waals surface area contributed by atoms with E-state index in [0.29, 0.717) is 11.4 Å². The van der Waals surface area contributed by atoms with Crippen LogP contribution in [0.25, 0.3) is 11.6 Å². The van der Waals surface area contributed by atoms with Gasteiger partial charge in [0.2, 0.25) is 0 Å². The second-order valence-electron chi connectivity index (χ2n) is 4.80. The van der Waals surface area contributed by atoms with Gasteiger partial charge in [0, 0.05) is 17.0 Å². The zero-order valence-corrected chi connectivity index (χ0v) is 11.6. The molecule has 0 spiro atoms. The van der Waals surface area contributed by atoms with E-state index in [9.17, 15) is 4.79 Å². The highest BCUT2D eigenvalue weighted by Gasteiger charge is 2.19. The van der Waals surface area contributed by atoms with Crippen molar-refractivity contribution in [2.45, 2.75) is 6.42 Å². The Morgan fingerprint density at radius 1 is 0.950 bits per heavy atom. The molecule has 0 N–H and O–H groups in total. The number of carbonyl (C=O) groups is 1. The van der Waals surface area contributed by atoms with E-state index in [0.717, 1.165) is 22.3 Å². The molecule has 2 aromatic rings.